The molecule has 0 bridgehead atoms. The van der Waals surface area contributed by atoms with Crippen molar-refractivity contribution in [2.45, 2.75) is 34.1 Å². The van der Waals surface area contributed by atoms with E-state index in [1.54, 1.807) is 11.1 Å². The quantitative estimate of drug-likeness (QED) is 0.753. The van der Waals surface area contributed by atoms with E-state index in [9.17, 15) is 4.79 Å². The molecule has 0 saturated carbocycles. The summed E-state index contributed by atoms with van der Waals surface area (Å²) in [6.45, 7) is 11.4. The van der Waals surface area contributed by atoms with E-state index in [1.807, 2.05) is 19.2 Å². The van der Waals surface area contributed by atoms with Crippen LogP contribution in [-0.4, -0.2) is 49.0 Å². The lowest BCUT2D eigenvalue weighted by Crippen LogP contribution is -2.39. The van der Waals surface area contributed by atoms with Gasteiger partial charge >= 0.3 is 0 Å². The second-order valence-electron chi connectivity index (χ2n) is 6.51. The molecule has 5 nitrogen and oxygen atoms in total. The van der Waals surface area contributed by atoms with E-state index in [2.05, 4.69) is 37.6 Å². The first-order valence-electron chi connectivity index (χ1n) is 8.01. The molecule has 1 rings (SSSR count). The molecule has 0 atom stereocenters. The minimum atomic E-state index is -0.0854. The van der Waals surface area contributed by atoms with Gasteiger partial charge in [0.15, 0.2) is 0 Å². The van der Waals surface area contributed by atoms with Crippen LogP contribution >= 0.6 is 24.8 Å². The highest BCUT2D eigenvalue weighted by molar-refractivity contribution is 5.94. The summed E-state index contributed by atoms with van der Waals surface area (Å²) in [7, 11) is 1.81. The van der Waals surface area contributed by atoms with E-state index >= 15 is 0 Å². The SMILES string of the molecule is CCCN(CC)c1ccc(C(=O)N(C)CC(C)(C)CN)cn1.Cl.Cl. The third kappa shape index (κ3) is 7.24. The van der Waals surface area contributed by atoms with Gasteiger partial charge in [-0.3, -0.25) is 4.79 Å². The van der Waals surface area contributed by atoms with Crippen molar-refractivity contribution in [1.29, 1.82) is 0 Å². The molecule has 1 aromatic rings. The summed E-state index contributed by atoms with van der Waals surface area (Å²) < 4.78 is 0. The van der Waals surface area contributed by atoms with Crippen LogP contribution in [0.15, 0.2) is 18.3 Å². The maximum atomic E-state index is 12.4. The summed E-state index contributed by atoms with van der Waals surface area (Å²) in [5.41, 5.74) is 6.27. The van der Waals surface area contributed by atoms with Gasteiger partial charge in [-0.15, -0.1) is 24.8 Å². The lowest BCUT2D eigenvalue weighted by Gasteiger charge is -2.29. The normalized spacial score (nSPS) is 10.4. The second-order valence-corrected chi connectivity index (χ2v) is 6.51. The van der Waals surface area contributed by atoms with Crippen molar-refractivity contribution in [3.8, 4) is 0 Å². The summed E-state index contributed by atoms with van der Waals surface area (Å²) in [6.07, 6.45) is 2.75. The van der Waals surface area contributed by atoms with E-state index in [-0.39, 0.29) is 36.1 Å². The smallest absolute Gasteiger partial charge is 0.255 e. The van der Waals surface area contributed by atoms with Crippen molar-refractivity contribution >= 4 is 36.5 Å². The van der Waals surface area contributed by atoms with Crippen LogP contribution in [0.4, 0.5) is 5.82 Å². The van der Waals surface area contributed by atoms with Crippen LogP contribution in [0, 0.1) is 5.41 Å². The molecule has 0 aliphatic rings. The largest absolute Gasteiger partial charge is 0.357 e. The predicted molar refractivity (Wildman–Crippen MR) is 107 cm³/mol. The molecule has 1 amide bonds. The first-order valence-corrected chi connectivity index (χ1v) is 8.01. The van der Waals surface area contributed by atoms with Crippen molar-refractivity contribution in [3.05, 3.63) is 23.9 Å². The number of nitrogens with two attached hydrogens (primary N) is 1. The maximum absolute atomic E-state index is 12.4. The number of pyridine rings is 1. The van der Waals surface area contributed by atoms with Crippen LogP contribution in [0.2, 0.25) is 0 Å². The molecular weight excluding hydrogens is 347 g/mol. The average Bonchev–Trinajstić information content (AvgIpc) is 2.51. The Balaban J connectivity index is 0. The van der Waals surface area contributed by atoms with Crippen LogP contribution < -0.4 is 10.6 Å². The van der Waals surface area contributed by atoms with Crippen molar-refractivity contribution in [1.82, 2.24) is 9.88 Å². The summed E-state index contributed by atoms with van der Waals surface area (Å²) in [5.74, 6) is 0.907. The van der Waals surface area contributed by atoms with Crippen molar-refractivity contribution < 1.29 is 4.79 Å². The molecule has 140 valence electrons. The average molecular weight is 379 g/mol. The van der Waals surface area contributed by atoms with Gasteiger partial charge in [-0.2, -0.15) is 0 Å². The molecule has 0 saturated heterocycles. The van der Waals surface area contributed by atoms with Gasteiger partial charge in [0, 0.05) is 32.9 Å². The van der Waals surface area contributed by atoms with Gasteiger partial charge in [-0.25, -0.2) is 4.98 Å². The lowest BCUT2D eigenvalue weighted by atomic mass is 9.93. The molecule has 7 heteroatoms. The highest BCUT2D eigenvalue weighted by atomic mass is 35.5. The Hall–Kier alpha value is -1.04. The number of hydrogen-bond donors (Lipinski definition) is 1. The number of rotatable bonds is 8. The van der Waals surface area contributed by atoms with Crippen molar-refractivity contribution in [3.63, 3.8) is 0 Å². The molecule has 0 aliphatic heterocycles. The van der Waals surface area contributed by atoms with Gasteiger partial charge in [-0.1, -0.05) is 20.8 Å². The Morgan fingerprint density at radius 3 is 2.29 bits per heavy atom. The van der Waals surface area contributed by atoms with Gasteiger partial charge in [-0.05, 0) is 37.4 Å². The molecular formula is C17H32Cl2N4O. The Labute approximate surface area is 158 Å². The summed E-state index contributed by atoms with van der Waals surface area (Å²) in [6, 6.07) is 3.78. The zero-order valence-corrected chi connectivity index (χ0v) is 17.0. The van der Waals surface area contributed by atoms with Crippen LogP contribution in [0.25, 0.3) is 0 Å². The number of halogens is 2. The second kappa shape index (κ2) is 11.5. The fourth-order valence-corrected chi connectivity index (χ4v) is 2.40. The third-order valence-corrected chi connectivity index (χ3v) is 3.76. The highest BCUT2D eigenvalue weighted by Gasteiger charge is 2.22. The van der Waals surface area contributed by atoms with E-state index in [1.165, 1.54) is 0 Å². The standard InChI is InChI=1S/C17H30N4O.2ClH/c1-6-10-21(7-2)15-9-8-14(11-19-15)16(22)20(5)13-17(3,4)12-18;;/h8-9,11H,6-7,10,12-13,18H2,1-5H3;2*1H. The number of nitrogens with zero attached hydrogens (tertiary/aromatic N) is 3. The van der Waals surface area contributed by atoms with Gasteiger partial charge in [0.2, 0.25) is 0 Å². The Kier molecular flexibility index (Phi) is 12.1. The minimum absolute atomic E-state index is 0. The van der Waals surface area contributed by atoms with Crippen LogP contribution in [0.5, 0.6) is 0 Å². The third-order valence-electron chi connectivity index (χ3n) is 3.76. The molecule has 0 unspecified atom stereocenters. The maximum Gasteiger partial charge on any atom is 0.255 e. The Bertz CT molecular complexity index is 480. The molecule has 0 fully saturated rings. The van der Waals surface area contributed by atoms with E-state index in [0.29, 0.717) is 18.7 Å². The fraction of sp³-hybridized carbons (Fsp3) is 0.647. The summed E-state index contributed by atoms with van der Waals surface area (Å²) in [4.78, 5) is 20.8. The molecule has 24 heavy (non-hydrogen) atoms. The first-order chi connectivity index (χ1) is 10.3. The number of carbonyl (C=O) groups excluding carboxylic acids is 1. The number of anilines is 1. The molecule has 0 aliphatic carbocycles. The first kappa shape index (κ1) is 25.2. The van der Waals surface area contributed by atoms with E-state index < -0.39 is 0 Å². The number of aromatic nitrogens is 1. The summed E-state index contributed by atoms with van der Waals surface area (Å²) in [5, 5.41) is 0. The van der Waals surface area contributed by atoms with E-state index in [0.717, 1.165) is 25.3 Å². The van der Waals surface area contributed by atoms with Gasteiger partial charge < -0.3 is 15.5 Å². The summed E-state index contributed by atoms with van der Waals surface area (Å²) >= 11 is 0. The van der Waals surface area contributed by atoms with Gasteiger partial charge in [0.05, 0.1) is 5.56 Å². The molecule has 0 spiro atoms. The fourth-order valence-electron chi connectivity index (χ4n) is 2.40. The van der Waals surface area contributed by atoms with E-state index in [4.69, 9.17) is 5.73 Å². The van der Waals surface area contributed by atoms with Crippen LogP contribution in [0.1, 0.15) is 44.5 Å². The van der Waals surface area contributed by atoms with Gasteiger partial charge in [0.25, 0.3) is 5.91 Å². The zero-order chi connectivity index (χ0) is 16.8. The minimum Gasteiger partial charge on any atom is -0.357 e. The van der Waals surface area contributed by atoms with Crippen LogP contribution in [-0.2, 0) is 0 Å². The highest BCUT2D eigenvalue weighted by Crippen LogP contribution is 2.17. The Morgan fingerprint density at radius 1 is 1.25 bits per heavy atom. The topological polar surface area (TPSA) is 62.5 Å². The van der Waals surface area contributed by atoms with Crippen LogP contribution in [0.3, 0.4) is 0 Å². The van der Waals surface area contributed by atoms with Crippen molar-refractivity contribution in [2.24, 2.45) is 11.1 Å². The molecule has 1 aromatic heterocycles. The number of carbonyl (C=O) groups is 1. The number of hydrogen-bond acceptors (Lipinski definition) is 4. The predicted octanol–water partition coefficient (Wildman–Crippen LogP) is 3.22. The Morgan fingerprint density at radius 2 is 1.88 bits per heavy atom. The lowest BCUT2D eigenvalue weighted by molar-refractivity contribution is 0.0740. The zero-order valence-electron chi connectivity index (χ0n) is 15.4. The van der Waals surface area contributed by atoms with Gasteiger partial charge in [0.1, 0.15) is 5.82 Å². The van der Waals surface area contributed by atoms with Crippen molar-refractivity contribution in [2.75, 3.05) is 38.1 Å². The molecule has 1 heterocycles. The molecule has 0 radical (unpaired) electrons. The number of amides is 1. The monoisotopic (exact) mass is 378 g/mol. The molecule has 0 aromatic carbocycles. The molecule has 2 N–H and O–H groups in total.